The number of rotatable bonds is 3. The molecule has 2 aromatic rings. The van der Waals surface area contributed by atoms with E-state index >= 15 is 0 Å². The topological polar surface area (TPSA) is 72.3 Å². The highest BCUT2D eigenvalue weighted by Gasteiger charge is 2.14. The summed E-state index contributed by atoms with van der Waals surface area (Å²) in [6, 6.07) is 4.73. The molecule has 0 radical (unpaired) electrons. The number of carbonyl (C=O) groups is 1. The Bertz CT molecular complexity index is 584. The van der Waals surface area contributed by atoms with Crippen LogP contribution in [0.5, 0.6) is 11.6 Å². The van der Waals surface area contributed by atoms with Crippen molar-refractivity contribution in [2.75, 3.05) is 0 Å². The summed E-state index contributed by atoms with van der Waals surface area (Å²) in [6.45, 7) is 1.84. The van der Waals surface area contributed by atoms with Crippen molar-refractivity contribution in [3.8, 4) is 11.6 Å². The fourth-order valence-electron chi connectivity index (χ4n) is 1.29. The molecule has 0 unspecified atom stereocenters. The minimum absolute atomic E-state index is 0.0162. The molecular weight excluding hydrogens is 256 g/mol. The molecule has 0 aromatic carbocycles. The van der Waals surface area contributed by atoms with Crippen molar-refractivity contribution >= 4 is 17.6 Å². The maximum Gasteiger partial charge on any atom is 0.341 e. The van der Waals surface area contributed by atoms with Gasteiger partial charge < -0.3 is 9.84 Å². The van der Waals surface area contributed by atoms with Gasteiger partial charge in [0.1, 0.15) is 11.3 Å². The Morgan fingerprint density at radius 2 is 2.11 bits per heavy atom. The summed E-state index contributed by atoms with van der Waals surface area (Å²) in [4.78, 5) is 18.9. The lowest BCUT2D eigenvalue weighted by molar-refractivity contribution is 0.0693. The Balaban J connectivity index is 2.34. The predicted octanol–water partition coefficient (Wildman–Crippen LogP) is 2.93. The van der Waals surface area contributed by atoms with Gasteiger partial charge in [0.2, 0.25) is 5.88 Å². The molecule has 0 aliphatic rings. The van der Waals surface area contributed by atoms with Gasteiger partial charge >= 0.3 is 5.97 Å². The Morgan fingerprint density at radius 1 is 1.33 bits per heavy atom. The molecule has 5 nitrogen and oxygen atoms in total. The number of aromatic nitrogens is 2. The lowest BCUT2D eigenvalue weighted by Gasteiger charge is -2.07. The summed E-state index contributed by atoms with van der Waals surface area (Å²) in [6.07, 6.45) is 2.82. The van der Waals surface area contributed by atoms with E-state index in [1.807, 2.05) is 6.92 Å². The fraction of sp³-hybridized carbons (Fsp3) is 0.0833. The van der Waals surface area contributed by atoms with E-state index in [0.717, 1.165) is 5.69 Å². The maximum atomic E-state index is 11.0. The Morgan fingerprint density at radius 3 is 2.72 bits per heavy atom. The van der Waals surface area contributed by atoms with Crippen LogP contribution in [0.2, 0.25) is 5.02 Å². The molecule has 0 saturated carbocycles. The van der Waals surface area contributed by atoms with E-state index in [-0.39, 0.29) is 16.5 Å². The van der Waals surface area contributed by atoms with Gasteiger partial charge in [-0.15, -0.1) is 0 Å². The first-order valence-corrected chi connectivity index (χ1v) is 5.43. The number of ether oxygens (including phenoxy) is 1. The number of pyridine rings is 2. The van der Waals surface area contributed by atoms with Gasteiger partial charge in [0, 0.05) is 11.9 Å². The summed E-state index contributed by atoms with van der Waals surface area (Å²) in [7, 11) is 0. The van der Waals surface area contributed by atoms with E-state index in [0.29, 0.717) is 5.75 Å². The Hall–Kier alpha value is -2.14. The summed E-state index contributed by atoms with van der Waals surface area (Å²) >= 11 is 5.69. The first-order valence-electron chi connectivity index (χ1n) is 5.05. The van der Waals surface area contributed by atoms with Gasteiger partial charge in [0.15, 0.2) is 0 Å². The standard InChI is InChI=1S/C12H9ClN2O3/c1-7-2-3-9(6-14-7)18-11-10(12(16)17)4-8(13)5-15-11/h2-6H,1H3,(H,16,17). The lowest BCUT2D eigenvalue weighted by Crippen LogP contribution is -2.02. The fourth-order valence-corrected chi connectivity index (χ4v) is 1.45. The van der Waals surface area contributed by atoms with Crippen LogP contribution >= 0.6 is 11.6 Å². The number of carboxylic acid groups (broad SMARTS) is 1. The van der Waals surface area contributed by atoms with Crippen LogP contribution < -0.4 is 4.74 Å². The lowest BCUT2D eigenvalue weighted by atomic mass is 10.3. The molecule has 0 saturated heterocycles. The average molecular weight is 265 g/mol. The minimum atomic E-state index is -1.15. The van der Waals surface area contributed by atoms with Crippen LogP contribution in [0.3, 0.4) is 0 Å². The molecule has 1 N–H and O–H groups in total. The third-order valence-corrected chi connectivity index (χ3v) is 2.35. The summed E-state index contributed by atoms with van der Waals surface area (Å²) in [5, 5.41) is 9.26. The Kier molecular flexibility index (Phi) is 3.43. The van der Waals surface area contributed by atoms with E-state index in [1.165, 1.54) is 18.5 Å². The number of carboxylic acids is 1. The molecule has 0 amide bonds. The Labute approximate surface area is 108 Å². The normalized spacial score (nSPS) is 10.1. The van der Waals surface area contributed by atoms with Crippen LogP contribution in [0.15, 0.2) is 30.6 Å². The second kappa shape index (κ2) is 5.01. The van der Waals surface area contributed by atoms with E-state index in [2.05, 4.69) is 9.97 Å². The molecule has 2 aromatic heterocycles. The molecule has 6 heteroatoms. The number of nitrogens with zero attached hydrogens (tertiary/aromatic N) is 2. The number of hydrogen-bond donors (Lipinski definition) is 1. The van der Waals surface area contributed by atoms with Crippen molar-refractivity contribution in [3.63, 3.8) is 0 Å². The van der Waals surface area contributed by atoms with E-state index in [1.54, 1.807) is 12.1 Å². The van der Waals surface area contributed by atoms with Crippen molar-refractivity contribution in [1.82, 2.24) is 9.97 Å². The molecule has 0 aliphatic carbocycles. The second-order valence-electron chi connectivity index (χ2n) is 3.55. The molecule has 0 atom stereocenters. The minimum Gasteiger partial charge on any atom is -0.477 e. The van der Waals surface area contributed by atoms with Gasteiger partial charge in [-0.3, -0.25) is 4.98 Å². The zero-order valence-corrected chi connectivity index (χ0v) is 10.2. The summed E-state index contributed by atoms with van der Waals surface area (Å²) in [5.41, 5.74) is 0.743. The summed E-state index contributed by atoms with van der Waals surface area (Å²) < 4.78 is 5.37. The molecular formula is C12H9ClN2O3. The van der Waals surface area contributed by atoms with Crippen LogP contribution in [0.4, 0.5) is 0 Å². The van der Waals surface area contributed by atoms with Crippen molar-refractivity contribution in [2.45, 2.75) is 6.92 Å². The van der Waals surface area contributed by atoms with Gasteiger partial charge in [-0.2, -0.15) is 0 Å². The average Bonchev–Trinajstić information content (AvgIpc) is 2.34. The van der Waals surface area contributed by atoms with Gasteiger partial charge in [0.25, 0.3) is 0 Å². The van der Waals surface area contributed by atoms with Gasteiger partial charge in [-0.25, -0.2) is 9.78 Å². The number of aromatic carboxylic acids is 1. The van der Waals surface area contributed by atoms with Crippen molar-refractivity contribution in [2.24, 2.45) is 0 Å². The second-order valence-corrected chi connectivity index (χ2v) is 3.99. The number of aryl methyl sites for hydroxylation is 1. The number of hydrogen-bond acceptors (Lipinski definition) is 4. The van der Waals surface area contributed by atoms with Gasteiger partial charge in [-0.05, 0) is 25.1 Å². The SMILES string of the molecule is Cc1ccc(Oc2ncc(Cl)cc2C(=O)O)cn1. The van der Waals surface area contributed by atoms with Gasteiger partial charge in [-0.1, -0.05) is 11.6 Å². The zero-order valence-electron chi connectivity index (χ0n) is 9.42. The van der Waals surface area contributed by atoms with E-state index in [4.69, 9.17) is 21.4 Å². The molecule has 0 fully saturated rings. The van der Waals surface area contributed by atoms with Crippen molar-refractivity contribution < 1.29 is 14.6 Å². The van der Waals surface area contributed by atoms with Crippen LogP contribution in [-0.2, 0) is 0 Å². The third kappa shape index (κ3) is 2.75. The quantitative estimate of drug-likeness (QED) is 0.923. The van der Waals surface area contributed by atoms with Crippen molar-refractivity contribution in [1.29, 1.82) is 0 Å². The first-order chi connectivity index (χ1) is 8.56. The van der Waals surface area contributed by atoms with Crippen LogP contribution in [0, 0.1) is 6.92 Å². The highest BCUT2D eigenvalue weighted by atomic mass is 35.5. The van der Waals surface area contributed by atoms with Crippen LogP contribution in [0.1, 0.15) is 16.1 Å². The van der Waals surface area contributed by atoms with Crippen LogP contribution in [-0.4, -0.2) is 21.0 Å². The molecule has 0 spiro atoms. The largest absolute Gasteiger partial charge is 0.477 e. The first kappa shape index (κ1) is 12.3. The molecule has 0 bridgehead atoms. The molecule has 18 heavy (non-hydrogen) atoms. The summed E-state index contributed by atoms with van der Waals surface area (Å²) in [5.74, 6) is -0.754. The third-order valence-electron chi connectivity index (χ3n) is 2.15. The smallest absolute Gasteiger partial charge is 0.341 e. The van der Waals surface area contributed by atoms with E-state index in [9.17, 15) is 4.79 Å². The monoisotopic (exact) mass is 264 g/mol. The molecule has 2 heterocycles. The van der Waals surface area contributed by atoms with Gasteiger partial charge in [0.05, 0.1) is 11.2 Å². The van der Waals surface area contributed by atoms with Crippen molar-refractivity contribution in [3.05, 3.63) is 46.9 Å². The molecule has 0 aliphatic heterocycles. The highest BCUT2D eigenvalue weighted by molar-refractivity contribution is 6.30. The number of halogens is 1. The highest BCUT2D eigenvalue weighted by Crippen LogP contribution is 2.24. The predicted molar refractivity (Wildman–Crippen MR) is 65.3 cm³/mol. The van der Waals surface area contributed by atoms with E-state index < -0.39 is 5.97 Å². The molecule has 92 valence electrons. The maximum absolute atomic E-state index is 11.0. The van der Waals surface area contributed by atoms with Crippen LogP contribution in [0.25, 0.3) is 0 Å². The zero-order chi connectivity index (χ0) is 13.1. The molecule has 2 rings (SSSR count).